The molecule has 0 radical (unpaired) electrons. The van der Waals surface area contributed by atoms with Gasteiger partial charge in [0.15, 0.2) is 0 Å². The summed E-state index contributed by atoms with van der Waals surface area (Å²) in [6, 6.07) is 1.21. The first-order valence-corrected chi connectivity index (χ1v) is 9.04. The Balaban J connectivity index is 0.00000192. The first-order valence-electron chi connectivity index (χ1n) is 9.04. The van der Waals surface area contributed by atoms with Crippen LogP contribution in [0.3, 0.4) is 0 Å². The van der Waals surface area contributed by atoms with E-state index < -0.39 is 0 Å². The molecule has 3 fully saturated rings. The van der Waals surface area contributed by atoms with Crippen LogP contribution in [0.2, 0.25) is 0 Å². The average Bonchev–Trinajstić information content (AvgIpc) is 2.98. The maximum absolute atomic E-state index is 5.66. The summed E-state index contributed by atoms with van der Waals surface area (Å²) in [6.07, 6.45) is 4.00. The van der Waals surface area contributed by atoms with Gasteiger partial charge in [-0.15, -0.1) is 12.4 Å². The van der Waals surface area contributed by atoms with Gasteiger partial charge in [-0.2, -0.15) is 0 Å². The maximum Gasteiger partial charge on any atom is 0.0645 e. The van der Waals surface area contributed by atoms with Crippen LogP contribution in [0, 0.1) is 5.92 Å². The van der Waals surface area contributed by atoms with Crippen LogP contribution in [0.5, 0.6) is 0 Å². The number of hydrogen-bond donors (Lipinski definition) is 2. The molecule has 3 unspecified atom stereocenters. The number of rotatable bonds is 5. The van der Waals surface area contributed by atoms with Crippen LogP contribution < -0.4 is 10.6 Å². The van der Waals surface area contributed by atoms with Gasteiger partial charge in [-0.3, -0.25) is 4.90 Å². The Kier molecular flexibility index (Phi) is 7.57. The van der Waals surface area contributed by atoms with Crippen LogP contribution >= 0.6 is 12.4 Å². The molecule has 0 amide bonds. The lowest BCUT2D eigenvalue weighted by atomic mass is 9.94. The molecule has 2 heterocycles. The minimum Gasteiger partial charge on any atom is -0.379 e. The quantitative estimate of drug-likeness (QED) is 0.784. The van der Waals surface area contributed by atoms with Crippen molar-refractivity contribution in [3.63, 3.8) is 0 Å². The first-order chi connectivity index (χ1) is 10.7. The zero-order valence-corrected chi connectivity index (χ0v) is 15.5. The molecule has 3 rings (SSSR count). The van der Waals surface area contributed by atoms with Crippen LogP contribution in [0.1, 0.15) is 33.1 Å². The number of morpholine rings is 2. The Hall–Kier alpha value is 0.0900. The highest BCUT2D eigenvalue weighted by Gasteiger charge is 2.35. The number of nitrogens with one attached hydrogen (secondary N) is 2. The van der Waals surface area contributed by atoms with Crippen molar-refractivity contribution in [1.29, 1.82) is 0 Å². The second-order valence-corrected chi connectivity index (χ2v) is 7.64. The molecule has 23 heavy (non-hydrogen) atoms. The van der Waals surface area contributed by atoms with E-state index in [1.807, 2.05) is 0 Å². The van der Waals surface area contributed by atoms with Crippen molar-refractivity contribution in [3.05, 3.63) is 0 Å². The lowest BCUT2D eigenvalue weighted by molar-refractivity contribution is -0.0504. The molecule has 136 valence electrons. The summed E-state index contributed by atoms with van der Waals surface area (Å²) in [5.74, 6) is 0.734. The second-order valence-electron chi connectivity index (χ2n) is 7.64. The van der Waals surface area contributed by atoms with E-state index in [4.69, 9.17) is 9.47 Å². The highest BCUT2D eigenvalue weighted by atomic mass is 35.5. The zero-order chi connectivity index (χ0) is 15.4. The third kappa shape index (κ3) is 5.03. The zero-order valence-electron chi connectivity index (χ0n) is 14.7. The SMILES string of the molecule is CC1(C)COCCN1CCNC1CCCC1C1COCCN1.Cl. The largest absolute Gasteiger partial charge is 0.379 e. The summed E-state index contributed by atoms with van der Waals surface area (Å²) in [7, 11) is 0. The van der Waals surface area contributed by atoms with Crippen LogP contribution in [0.15, 0.2) is 0 Å². The molecular formula is C17H34ClN3O2. The van der Waals surface area contributed by atoms with Crippen molar-refractivity contribution in [2.45, 2.75) is 50.7 Å². The fourth-order valence-electron chi connectivity index (χ4n) is 4.27. The van der Waals surface area contributed by atoms with Crippen molar-refractivity contribution in [2.24, 2.45) is 5.92 Å². The Morgan fingerprint density at radius 1 is 1.22 bits per heavy atom. The molecule has 2 aliphatic heterocycles. The van der Waals surface area contributed by atoms with E-state index in [1.165, 1.54) is 19.3 Å². The van der Waals surface area contributed by atoms with E-state index in [1.54, 1.807) is 0 Å². The molecule has 1 aliphatic carbocycles. The summed E-state index contributed by atoms with van der Waals surface area (Å²) in [6.45, 7) is 12.3. The smallest absolute Gasteiger partial charge is 0.0645 e. The van der Waals surface area contributed by atoms with Crippen LogP contribution in [-0.2, 0) is 9.47 Å². The summed E-state index contributed by atoms with van der Waals surface area (Å²) in [5.41, 5.74) is 0.174. The third-order valence-corrected chi connectivity index (χ3v) is 5.64. The topological polar surface area (TPSA) is 45.8 Å². The Morgan fingerprint density at radius 2 is 2.09 bits per heavy atom. The molecule has 3 aliphatic rings. The minimum atomic E-state index is 0. The van der Waals surface area contributed by atoms with Gasteiger partial charge in [-0.25, -0.2) is 0 Å². The lowest BCUT2D eigenvalue weighted by Crippen LogP contribution is -2.56. The van der Waals surface area contributed by atoms with E-state index >= 15 is 0 Å². The second kappa shape index (κ2) is 8.97. The van der Waals surface area contributed by atoms with E-state index in [0.29, 0.717) is 12.1 Å². The molecule has 0 spiro atoms. The van der Waals surface area contributed by atoms with Gasteiger partial charge < -0.3 is 20.1 Å². The van der Waals surface area contributed by atoms with E-state index in [0.717, 1.165) is 58.5 Å². The number of nitrogens with zero attached hydrogens (tertiary/aromatic N) is 1. The predicted molar refractivity (Wildman–Crippen MR) is 95.5 cm³/mol. The van der Waals surface area contributed by atoms with Crippen molar-refractivity contribution in [1.82, 2.24) is 15.5 Å². The summed E-state index contributed by atoms with van der Waals surface area (Å²) < 4.78 is 11.3. The van der Waals surface area contributed by atoms with Gasteiger partial charge in [0.1, 0.15) is 0 Å². The number of halogens is 1. The monoisotopic (exact) mass is 347 g/mol. The number of hydrogen-bond acceptors (Lipinski definition) is 5. The molecule has 0 aromatic heterocycles. The van der Waals surface area contributed by atoms with Gasteiger partial charge in [0, 0.05) is 43.8 Å². The first kappa shape index (κ1) is 19.4. The molecule has 1 saturated carbocycles. The third-order valence-electron chi connectivity index (χ3n) is 5.64. The molecule has 3 atom stereocenters. The number of ether oxygens (including phenoxy) is 2. The van der Waals surface area contributed by atoms with E-state index in [-0.39, 0.29) is 17.9 Å². The molecular weight excluding hydrogens is 314 g/mol. The van der Waals surface area contributed by atoms with Crippen LogP contribution in [0.25, 0.3) is 0 Å². The van der Waals surface area contributed by atoms with Crippen molar-refractivity contribution >= 4 is 12.4 Å². The van der Waals surface area contributed by atoms with Crippen molar-refractivity contribution in [2.75, 3.05) is 52.6 Å². The Morgan fingerprint density at radius 3 is 2.83 bits per heavy atom. The van der Waals surface area contributed by atoms with Gasteiger partial charge in [0.25, 0.3) is 0 Å². The average molecular weight is 348 g/mol. The molecule has 2 N–H and O–H groups in total. The van der Waals surface area contributed by atoms with Gasteiger partial charge in [0.2, 0.25) is 0 Å². The predicted octanol–water partition coefficient (Wildman–Crippen LogP) is 1.27. The van der Waals surface area contributed by atoms with Crippen molar-refractivity contribution < 1.29 is 9.47 Å². The highest BCUT2D eigenvalue weighted by molar-refractivity contribution is 5.85. The van der Waals surface area contributed by atoms with E-state index in [2.05, 4.69) is 29.4 Å². The molecule has 6 heteroatoms. The Bertz CT molecular complexity index is 351. The summed E-state index contributed by atoms with van der Waals surface area (Å²) in [4.78, 5) is 2.56. The maximum atomic E-state index is 5.66. The molecule has 2 saturated heterocycles. The van der Waals surface area contributed by atoms with Crippen LogP contribution in [0.4, 0.5) is 0 Å². The Labute approximate surface area is 147 Å². The normalized spacial score (nSPS) is 35.0. The van der Waals surface area contributed by atoms with Gasteiger partial charge >= 0.3 is 0 Å². The fraction of sp³-hybridized carbons (Fsp3) is 1.00. The van der Waals surface area contributed by atoms with Crippen LogP contribution in [-0.4, -0.2) is 75.1 Å². The van der Waals surface area contributed by atoms with Gasteiger partial charge in [0.05, 0.1) is 26.4 Å². The van der Waals surface area contributed by atoms with E-state index in [9.17, 15) is 0 Å². The minimum absolute atomic E-state index is 0. The van der Waals surface area contributed by atoms with Gasteiger partial charge in [-0.05, 0) is 32.6 Å². The molecule has 0 aromatic carbocycles. The molecule has 0 bridgehead atoms. The standard InChI is InChI=1S/C17H33N3O2.ClH/c1-17(2)13-22-11-9-20(17)8-6-18-15-5-3-4-14(15)16-12-21-10-7-19-16;/h14-16,18-19H,3-13H2,1-2H3;1H. The molecule has 0 aromatic rings. The summed E-state index contributed by atoms with van der Waals surface area (Å²) in [5, 5.41) is 7.49. The van der Waals surface area contributed by atoms with Crippen molar-refractivity contribution in [3.8, 4) is 0 Å². The fourth-order valence-corrected chi connectivity index (χ4v) is 4.27. The van der Waals surface area contributed by atoms with Gasteiger partial charge in [-0.1, -0.05) is 6.42 Å². The summed E-state index contributed by atoms with van der Waals surface area (Å²) >= 11 is 0. The molecule has 5 nitrogen and oxygen atoms in total. The highest BCUT2D eigenvalue weighted by Crippen LogP contribution is 2.29. The lowest BCUT2D eigenvalue weighted by Gasteiger charge is -2.42.